The molecule has 2 atom stereocenters. The lowest BCUT2D eigenvalue weighted by Gasteiger charge is -2.22. The minimum Gasteiger partial charge on any atom is -0.394 e. The van der Waals surface area contributed by atoms with Crippen molar-refractivity contribution in [1.29, 1.82) is 0 Å². The van der Waals surface area contributed by atoms with Crippen LogP contribution < -0.4 is 5.32 Å². The SMILES string of the molecule is CCCCCCCCCCCCCCCCCCCCCCCCCC(=O)NC(CO)C(O)CCCCCCCCCCC. The molecule has 0 saturated heterocycles. The maximum Gasteiger partial charge on any atom is 0.220 e. The second kappa shape index (κ2) is 36.9. The van der Waals surface area contributed by atoms with Crippen LogP contribution in [0, 0.1) is 0 Å². The number of rotatable bonds is 37. The van der Waals surface area contributed by atoms with E-state index in [-0.39, 0.29) is 12.5 Å². The highest BCUT2D eigenvalue weighted by Gasteiger charge is 2.19. The Morgan fingerprint density at radius 3 is 1.02 bits per heavy atom. The number of hydrogen-bond donors (Lipinski definition) is 3. The van der Waals surface area contributed by atoms with Gasteiger partial charge in [-0.25, -0.2) is 0 Å². The van der Waals surface area contributed by atoms with Crippen LogP contribution >= 0.6 is 0 Å². The van der Waals surface area contributed by atoms with Crippen molar-refractivity contribution in [1.82, 2.24) is 5.32 Å². The van der Waals surface area contributed by atoms with Crippen LogP contribution in [0.4, 0.5) is 0 Å². The summed E-state index contributed by atoms with van der Waals surface area (Å²) in [6.45, 7) is 4.35. The van der Waals surface area contributed by atoms with Crippen LogP contribution in [0.2, 0.25) is 0 Å². The maximum atomic E-state index is 12.3. The largest absolute Gasteiger partial charge is 0.394 e. The lowest BCUT2D eigenvalue weighted by molar-refractivity contribution is -0.123. The maximum absolute atomic E-state index is 12.3. The number of carbonyl (C=O) groups is 1. The Bertz CT molecular complexity index is 555. The summed E-state index contributed by atoms with van der Waals surface area (Å²) in [5, 5.41) is 23.0. The van der Waals surface area contributed by atoms with Crippen LogP contribution in [0.5, 0.6) is 0 Å². The molecule has 2 unspecified atom stereocenters. The molecule has 0 aromatic rings. The molecule has 0 bridgehead atoms. The van der Waals surface area contributed by atoms with Crippen LogP contribution in [0.15, 0.2) is 0 Å². The van der Waals surface area contributed by atoms with Crippen LogP contribution in [0.25, 0.3) is 0 Å². The van der Waals surface area contributed by atoms with Crippen LogP contribution in [-0.2, 0) is 4.79 Å². The van der Waals surface area contributed by atoms with Gasteiger partial charge in [0.2, 0.25) is 5.91 Å². The smallest absolute Gasteiger partial charge is 0.220 e. The molecule has 44 heavy (non-hydrogen) atoms. The van der Waals surface area contributed by atoms with Crippen molar-refractivity contribution >= 4 is 5.91 Å². The van der Waals surface area contributed by atoms with Crippen molar-refractivity contribution in [2.24, 2.45) is 0 Å². The predicted octanol–water partition coefficient (Wildman–Crippen LogP) is 12.1. The standard InChI is InChI=1S/C40H81NO3/c1-3-5-7-9-11-13-14-15-16-17-18-19-20-21-22-23-24-25-26-28-30-32-34-36-40(44)41-38(37-42)39(43)35-33-31-29-27-12-10-8-6-4-2/h38-39,42-43H,3-37H2,1-2H3,(H,41,44). The summed E-state index contributed by atoms with van der Waals surface area (Å²) < 4.78 is 0. The molecule has 0 aliphatic carbocycles. The first-order valence-corrected chi connectivity index (χ1v) is 20.2. The van der Waals surface area contributed by atoms with Crippen molar-refractivity contribution in [2.45, 2.75) is 244 Å². The number of aliphatic hydroxyl groups excluding tert-OH is 2. The average Bonchev–Trinajstić information content (AvgIpc) is 3.03. The molecule has 0 aliphatic heterocycles. The Labute approximate surface area is 276 Å². The molecule has 4 nitrogen and oxygen atoms in total. The molecule has 0 aromatic heterocycles. The van der Waals surface area contributed by atoms with Gasteiger partial charge in [0.1, 0.15) is 0 Å². The Kier molecular flexibility index (Phi) is 36.3. The highest BCUT2D eigenvalue weighted by molar-refractivity contribution is 5.76. The summed E-state index contributed by atoms with van der Waals surface area (Å²) >= 11 is 0. The quantitative estimate of drug-likeness (QED) is 0.0603. The third-order valence-corrected chi connectivity index (χ3v) is 9.62. The van der Waals surface area contributed by atoms with E-state index >= 15 is 0 Å². The zero-order valence-corrected chi connectivity index (χ0v) is 30.2. The van der Waals surface area contributed by atoms with E-state index in [1.54, 1.807) is 0 Å². The Hall–Kier alpha value is -0.610. The van der Waals surface area contributed by atoms with E-state index in [9.17, 15) is 15.0 Å². The predicted molar refractivity (Wildman–Crippen MR) is 193 cm³/mol. The minimum absolute atomic E-state index is 0.0290. The molecule has 3 N–H and O–H groups in total. The molecular weight excluding hydrogens is 542 g/mol. The molecule has 0 radical (unpaired) electrons. The summed E-state index contributed by atoms with van der Waals surface area (Å²) in [6.07, 6.45) is 43.2. The first-order chi connectivity index (χ1) is 21.7. The van der Waals surface area contributed by atoms with E-state index < -0.39 is 12.1 Å². The molecule has 0 rings (SSSR count). The van der Waals surface area contributed by atoms with Crippen LogP contribution in [-0.4, -0.2) is 34.9 Å². The van der Waals surface area contributed by atoms with Gasteiger partial charge < -0.3 is 15.5 Å². The van der Waals surface area contributed by atoms with Crippen molar-refractivity contribution in [2.75, 3.05) is 6.61 Å². The summed E-state index contributed by atoms with van der Waals surface area (Å²) in [5.41, 5.74) is 0. The third kappa shape index (κ3) is 32.8. The van der Waals surface area contributed by atoms with Crippen molar-refractivity contribution in [3.63, 3.8) is 0 Å². The first kappa shape index (κ1) is 43.4. The van der Waals surface area contributed by atoms with Gasteiger partial charge in [0.25, 0.3) is 0 Å². The van der Waals surface area contributed by atoms with Crippen molar-refractivity contribution in [3.8, 4) is 0 Å². The van der Waals surface area contributed by atoms with Gasteiger partial charge >= 0.3 is 0 Å². The number of hydrogen-bond acceptors (Lipinski definition) is 3. The number of nitrogens with one attached hydrogen (secondary N) is 1. The monoisotopic (exact) mass is 624 g/mol. The van der Waals surface area contributed by atoms with E-state index in [2.05, 4.69) is 19.2 Å². The molecule has 0 aliphatic rings. The topological polar surface area (TPSA) is 69.6 Å². The highest BCUT2D eigenvalue weighted by Crippen LogP contribution is 2.16. The molecule has 4 heteroatoms. The Morgan fingerprint density at radius 1 is 0.455 bits per heavy atom. The average molecular weight is 624 g/mol. The van der Waals surface area contributed by atoms with E-state index in [1.165, 1.54) is 180 Å². The normalized spacial score (nSPS) is 12.9. The second-order valence-corrected chi connectivity index (χ2v) is 14.1. The zero-order valence-electron chi connectivity index (χ0n) is 30.2. The molecule has 0 heterocycles. The van der Waals surface area contributed by atoms with Crippen molar-refractivity contribution < 1.29 is 15.0 Å². The fourth-order valence-corrected chi connectivity index (χ4v) is 6.48. The number of amides is 1. The van der Waals surface area contributed by atoms with Gasteiger partial charge in [0.05, 0.1) is 18.8 Å². The van der Waals surface area contributed by atoms with Gasteiger partial charge in [0, 0.05) is 6.42 Å². The van der Waals surface area contributed by atoms with Gasteiger partial charge in [0.15, 0.2) is 0 Å². The molecule has 1 amide bonds. The summed E-state index contributed by atoms with van der Waals surface area (Å²) in [4.78, 5) is 12.3. The summed E-state index contributed by atoms with van der Waals surface area (Å²) in [6, 6.07) is -0.527. The van der Waals surface area contributed by atoms with Crippen LogP contribution in [0.3, 0.4) is 0 Å². The minimum atomic E-state index is -0.650. The van der Waals surface area contributed by atoms with E-state index in [0.717, 1.165) is 25.7 Å². The fourth-order valence-electron chi connectivity index (χ4n) is 6.48. The number of unbranched alkanes of at least 4 members (excludes halogenated alkanes) is 30. The molecule has 0 aromatic carbocycles. The molecule has 0 saturated carbocycles. The Morgan fingerprint density at radius 2 is 0.727 bits per heavy atom. The number of carbonyl (C=O) groups excluding carboxylic acids is 1. The molecule has 264 valence electrons. The van der Waals surface area contributed by atoms with Crippen molar-refractivity contribution in [3.05, 3.63) is 0 Å². The highest BCUT2D eigenvalue weighted by atomic mass is 16.3. The molecule has 0 spiro atoms. The summed E-state index contributed by atoms with van der Waals surface area (Å²) in [7, 11) is 0. The molecular formula is C40H81NO3. The van der Waals surface area contributed by atoms with E-state index in [4.69, 9.17) is 0 Å². The van der Waals surface area contributed by atoms with Gasteiger partial charge in [-0.05, 0) is 12.8 Å². The lowest BCUT2D eigenvalue weighted by atomic mass is 10.0. The van der Waals surface area contributed by atoms with Gasteiger partial charge in [-0.15, -0.1) is 0 Å². The Balaban J connectivity index is 3.41. The van der Waals surface area contributed by atoms with E-state index in [1.807, 2.05) is 0 Å². The summed E-state index contributed by atoms with van der Waals surface area (Å²) in [5.74, 6) is -0.0290. The third-order valence-electron chi connectivity index (χ3n) is 9.62. The second-order valence-electron chi connectivity index (χ2n) is 14.1. The number of aliphatic hydroxyl groups is 2. The van der Waals surface area contributed by atoms with Gasteiger partial charge in [-0.2, -0.15) is 0 Å². The molecule has 0 fully saturated rings. The van der Waals surface area contributed by atoms with Crippen LogP contribution in [0.1, 0.15) is 232 Å². The zero-order chi connectivity index (χ0) is 32.2. The lowest BCUT2D eigenvalue weighted by Crippen LogP contribution is -2.45. The van der Waals surface area contributed by atoms with E-state index in [0.29, 0.717) is 12.8 Å². The van der Waals surface area contributed by atoms with Gasteiger partial charge in [-0.3, -0.25) is 4.79 Å². The fraction of sp³-hybridized carbons (Fsp3) is 0.975. The first-order valence-electron chi connectivity index (χ1n) is 20.2. The van der Waals surface area contributed by atoms with Gasteiger partial charge in [-0.1, -0.05) is 213 Å².